The van der Waals surface area contributed by atoms with Gasteiger partial charge < -0.3 is 47.4 Å². The summed E-state index contributed by atoms with van der Waals surface area (Å²) in [5.41, 5.74) is 2.55. The normalized spacial score (nSPS) is 30.9. The Kier molecular flexibility index (Phi) is 12.3. The highest BCUT2D eigenvalue weighted by molar-refractivity contribution is 6.26. The van der Waals surface area contributed by atoms with Gasteiger partial charge >= 0.3 is 18.0 Å². The standard InChI is InChI=1S/C40H44ClNO13/c1-40(2)54-35-32(48-22-26-17-11-6-12-18-26)33(34(36(44)46-3)52-38(35)55-40)51-37-29-31(53-39(45)42(29)20-24-13-7-4-8-14-24)30(50-28(43)19-41)27(49-37)23-47-21-25-15-9-5-10-16-25/h4-18,27,29-35,37-38H,19-23H2,1-3H3/t27-,29-,30-,31-,32+,33+,34-,35-,37-,38-/m1/s1. The van der Waals surface area contributed by atoms with E-state index in [1.165, 1.54) is 12.0 Å². The van der Waals surface area contributed by atoms with E-state index in [0.29, 0.717) is 0 Å². The summed E-state index contributed by atoms with van der Waals surface area (Å²) >= 11 is 5.90. The van der Waals surface area contributed by atoms with Gasteiger partial charge in [0, 0.05) is 6.54 Å². The second kappa shape index (κ2) is 17.3. The molecule has 0 unspecified atom stereocenters. The molecule has 0 saturated carbocycles. The largest absolute Gasteiger partial charge is 0.467 e. The molecule has 0 aliphatic carbocycles. The van der Waals surface area contributed by atoms with Crippen LogP contribution in [0, 0.1) is 0 Å². The average molecular weight is 782 g/mol. The first-order valence-corrected chi connectivity index (χ1v) is 18.6. The van der Waals surface area contributed by atoms with Crippen molar-refractivity contribution >= 4 is 29.6 Å². The van der Waals surface area contributed by atoms with E-state index in [1.54, 1.807) is 13.8 Å². The number of nitrogens with zero attached hydrogens (tertiary/aromatic N) is 1. The van der Waals surface area contributed by atoms with E-state index < -0.39 is 91.0 Å². The van der Waals surface area contributed by atoms with Crippen LogP contribution in [0.15, 0.2) is 91.0 Å². The first kappa shape index (κ1) is 39.1. The highest BCUT2D eigenvalue weighted by Crippen LogP contribution is 2.42. The number of alkyl halides is 1. The number of methoxy groups -OCH3 is 1. The topological polar surface area (TPSA) is 147 Å². The third-order valence-electron chi connectivity index (χ3n) is 9.74. The molecule has 3 aromatic carbocycles. The summed E-state index contributed by atoms with van der Waals surface area (Å²) in [4.78, 5) is 41.5. The lowest BCUT2D eigenvalue weighted by Crippen LogP contribution is -2.66. The van der Waals surface area contributed by atoms with Gasteiger partial charge in [-0.15, -0.1) is 11.6 Å². The minimum absolute atomic E-state index is 0.0974. The van der Waals surface area contributed by atoms with Crippen LogP contribution in [0.1, 0.15) is 30.5 Å². The van der Waals surface area contributed by atoms with Crippen molar-refractivity contribution in [1.82, 2.24) is 4.90 Å². The zero-order valence-corrected chi connectivity index (χ0v) is 31.4. The minimum atomic E-state index is -1.38. The average Bonchev–Trinajstić information content (AvgIpc) is 3.69. The van der Waals surface area contributed by atoms with Crippen LogP contribution in [-0.4, -0.2) is 110 Å². The van der Waals surface area contributed by atoms with E-state index in [1.807, 2.05) is 91.0 Å². The summed E-state index contributed by atoms with van der Waals surface area (Å²) in [6.07, 6.45) is -10.7. The van der Waals surface area contributed by atoms with Gasteiger partial charge in [-0.3, -0.25) is 9.69 Å². The lowest BCUT2D eigenvalue weighted by molar-refractivity contribution is -0.330. The van der Waals surface area contributed by atoms with E-state index in [-0.39, 0.29) is 26.4 Å². The minimum Gasteiger partial charge on any atom is -0.467 e. The maximum Gasteiger partial charge on any atom is 0.411 e. The molecule has 0 radical (unpaired) electrons. The Hall–Kier alpha value is -4.12. The molecule has 294 valence electrons. The zero-order valence-electron chi connectivity index (χ0n) is 30.6. The molecule has 4 aliphatic rings. The van der Waals surface area contributed by atoms with Crippen molar-refractivity contribution < 1.29 is 61.8 Å². The fraction of sp³-hybridized carbons (Fsp3) is 0.475. The van der Waals surface area contributed by atoms with E-state index in [9.17, 15) is 14.4 Å². The first-order chi connectivity index (χ1) is 26.6. The molecule has 3 aromatic rings. The lowest BCUT2D eigenvalue weighted by Gasteiger charge is -2.47. The van der Waals surface area contributed by atoms with Gasteiger partial charge in [-0.1, -0.05) is 91.0 Å². The summed E-state index contributed by atoms with van der Waals surface area (Å²) in [7, 11) is 1.23. The van der Waals surface area contributed by atoms with Crippen molar-refractivity contribution in [2.24, 2.45) is 0 Å². The SMILES string of the molecule is COC(=O)[C@@H]1O[C@@H]2OC(C)(C)O[C@@H]2[C@@H](OCc2ccccc2)[C@@H]1O[C@H]1O[C@H](COCc2ccccc2)[C@@H](OC(=O)CCl)[C@@H]2OC(=O)N(Cc3ccccc3)[C@@H]12. The number of carbonyl (C=O) groups excluding carboxylic acids is 3. The second-order valence-electron chi connectivity index (χ2n) is 14.0. The molecule has 55 heavy (non-hydrogen) atoms. The quantitative estimate of drug-likeness (QED) is 0.129. The summed E-state index contributed by atoms with van der Waals surface area (Å²) in [6, 6.07) is 27.2. The Morgan fingerprint density at radius 3 is 2.07 bits per heavy atom. The molecule has 4 aliphatic heterocycles. The molecule has 0 N–H and O–H groups in total. The van der Waals surface area contributed by atoms with E-state index in [0.717, 1.165) is 16.7 Å². The molecule has 4 heterocycles. The summed E-state index contributed by atoms with van der Waals surface area (Å²) in [6.45, 7) is 3.79. The van der Waals surface area contributed by atoms with Crippen molar-refractivity contribution in [3.63, 3.8) is 0 Å². The molecule has 14 nitrogen and oxygen atoms in total. The maximum absolute atomic E-state index is 13.8. The third-order valence-corrected chi connectivity index (χ3v) is 9.96. The smallest absolute Gasteiger partial charge is 0.411 e. The van der Waals surface area contributed by atoms with Crippen LogP contribution in [0.25, 0.3) is 0 Å². The third kappa shape index (κ3) is 8.97. The van der Waals surface area contributed by atoms with Crippen LogP contribution >= 0.6 is 11.6 Å². The zero-order chi connectivity index (χ0) is 38.5. The van der Waals surface area contributed by atoms with Crippen molar-refractivity contribution in [3.8, 4) is 0 Å². The predicted octanol–water partition coefficient (Wildman–Crippen LogP) is 4.49. The fourth-order valence-corrected chi connectivity index (χ4v) is 7.34. The first-order valence-electron chi connectivity index (χ1n) is 18.1. The van der Waals surface area contributed by atoms with Gasteiger partial charge in [0.25, 0.3) is 0 Å². The highest BCUT2D eigenvalue weighted by Gasteiger charge is 2.62. The number of carbonyl (C=O) groups is 3. The van der Waals surface area contributed by atoms with Crippen LogP contribution in [0.2, 0.25) is 0 Å². The number of benzene rings is 3. The summed E-state index contributed by atoms with van der Waals surface area (Å²) in [5, 5.41) is 0. The van der Waals surface area contributed by atoms with Crippen molar-refractivity contribution in [3.05, 3.63) is 108 Å². The van der Waals surface area contributed by atoms with Gasteiger partial charge in [-0.2, -0.15) is 0 Å². The molecule has 1 amide bonds. The van der Waals surface area contributed by atoms with Crippen molar-refractivity contribution in [2.75, 3.05) is 19.6 Å². The summed E-state index contributed by atoms with van der Waals surface area (Å²) in [5.74, 6) is -3.04. The fourth-order valence-electron chi connectivity index (χ4n) is 7.28. The molecule has 10 atom stereocenters. The molecular weight excluding hydrogens is 738 g/mol. The van der Waals surface area contributed by atoms with Crippen LogP contribution < -0.4 is 0 Å². The number of hydrogen-bond donors (Lipinski definition) is 0. The molecule has 7 rings (SSSR count). The monoisotopic (exact) mass is 781 g/mol. The van der Waals surface area contributed by atoms with Crippen LogP contribution in [0.5, 0.6) is 0 Å². The van der Waals surface area contributed by atoms with Gasteiger partial charge in [-0.25, -0.2) is 9.59 Å². The van der Waals surface area contributed by atoms with Crippen LogP contribution in [0.4, 0.5) is 4.79 Å². The molecule has 15 heteroatoms. The highest BCUT2D eigenvalue weighted by atomic mass is 35.5. The van der Waals surface area contributed by atoms with E-state index >= 15 is 0 Å². The Balaban J connectivity index is 1.25. The Morgan fingerprint density at radius 1 is 0.800 bits per heavy atom. The van der Waals surface area contributed by atoms with Gasteiger partial charge in [0.05, 0.1) is 26.9 Å². The molecular formula is C40H44ClNO13. The summed E-state index contributed by atoms with van der Waals surface area (Å²) < 4.78 is 61.7. The van der Waals surface area contributed by atoms with Crippen molar-refractivity contribution in [1.29, 1.82) is 0 Å². The second-order valence-corrected chi connectivity index (χ2v) is 14.3. The predicted molar refractivity (Wildman–Crippen MR) is 192 cm³/mol. The maximum atomic E-state index is 13.8. The number of fused-ring (bicyclic) bond motifs is 2. The number of rotatable bonds is 14. The Bertz CT molecular complexity index is 1750. The van der Waals surface area contributed by atoms with Gasteiger partial charge in [-0.05, 0) is 30.5 Å². The molecule has 4 saturated heterocycles. The number of hydrogen-bond acceptors (Lipinski definition) is 13. The molecule has 0 bridgehead atoms. The van der Waals surface area contributed by atoms with E-state index in [2.05, 4.69) is 0 Å². The van der Waals surface area contributed by atoms with Crippen LogP contribution in [-0.2, 0) is 76.7 Å². The van der Waals surface area contributed by atoms with Gasteiger partial charge in [0.2, 0.25) is 0 Å². The lowest BCUT2D eigenvalue weighted by atomic mass is 9.94. The van der Waals surface area contributed by atoms with E-state index in [4.69, 9.17) is 59.0 Å². The Morgan fingerprint density at radius 2 is 1.44 bits per heavy atom. The van der Waals surface area contributed by atoms with Crippen molar-refractivity contribution in [2.45, 2.75) is 101 Å². The number of esters is 2. The molecule has 0 aromatic heterocycles. The number of ether oxygens (including phenoxy) is 10. The van der Waals surface area contributed by atoms with Crippen LogP contribution in [0.3, 0.4) is 0 Å². The number of halogens is 1. The van der Waals surface area contributed by atoms with Gasteiger partial charge in [0.1, 0.15) is 36.3 Å². The number of amides is 1. The molecule has 0 spiro atoms. The Labute approximate surface area is 323 Å². The van der Waals surface area contributed by atoms with Gasteiger partial charge in [0.15, 0.2) is 36.7 Å². The molecule has 4 fully saturated rings.